The van der Waals surface area contributed by atoms with Crippen LogP contribution in [0.25, 0.3) is 0 Å². The first-order valence-corrected chi connectivity index (χ1v) is 5.06. The molecule has 0 aromatic heterocycles. The van der Waals surface area contributed by atoms with Gasteiger partial charge in [0.2, 0.25) is 0 Å². The third-order valence-corrected chi connectivity index (χ3v) is 2.38. The molecule has 1 heterocycles. The van der Waals surface area contributed by atoms with Gasteiger partial charge in [-0.2, -0.15) is 0 Å². The Bertz CT molecular complexity index is 293. The summed E-state index contributed by atoms with van der Waals surface area (Å²) in [6.07, 6.45) is 1.58. The van der Waals surface area contributed by atoms with E-state index < -0.39 is 18.0 Å². The number of nitrogens with one attached hydrogen (secondary N) is 1. The molecule has 90 valence electrons. The molecular weight excluding hydrogens is 212 g/mol. The molecule has 1 aliphatic rings. The largest absolute Gasteiger partial charge is 0.480 e. The number of hydrogen-bond acceptors (Lipinski definition) is 3. The Morgan fingerprint density at radius 2 is 2.38 bits per heavy atom. The second-order valence-electron chi connectivity index (χ2n) is 3.60. The van der Waals surface area contributed by atoms with Gasteiger partial charge < -0.3 is 20.1 Å². The SMILES string of the molecule is C=CC(C)NC(=O)N1CCOCC1C(=O)O. The number of aliphatic carboxylic acids is 1. The highest BCUT2D eigenvalue weighted by Gasteiger charge is 2.32. The summed E-state index contributed by atoms with van der Waals surface area (Å²) in [6, 6.07) is -1.50. The van der Waals surface area contributed by atoms with E-state index >= 15 is 0 Å². The van der Waals surface area contributed by atoms with Crippen LogP contribution >= 0.6 is 0 Å². The van der Waals surface area contributed by atoms with Crippen molar-refractivity contribution in [2.45, 2.75) is 19.0 Å². The highest BCUT2D eigenvalue weighted by molar-refractivity contribution is 5.83. The van der Waals surface area contributed by atoms with E-state index in [1.165, 1.54) is 4.90 Å². The lowest BCUT2D eigenvalue weighted by atomic mass is 10.2. The zero-order chi connectivity index (χ0) is 12.1. The molecular formula is C10H16N2O4. The Morgan fingerprint density at radius 1 is 1.69 bits per heavy atom. The molecule has 16 heavy (non-hydrogen) atoms. The van der Waals surface area contributed by atoms with Crippen LogP contribution in [0.15, 0.2) is 12.7 Å². The fourth-order valence-corrected chi connectivity index (χ4v) is 1.39. The average Bonchev–Trinajstić information content (AvgIpc) is 2.28. The standard InChI is InChI=1S/C10H16N2O4/c1-3-7(2)11-10(15)12-4-5-16-6-8(12)9(13)14/h3,7-8H,1,4-6H2,2H3,(H,11,15)(H,13,14). The lowest BCUT2D eigenvalue weighted by Gasteiger charge is -2.33. The molecule has 6 nitrogen and oxygen atoms in total. The summed E-state index contributed by atoms with van der Waals surface area (Å²) < 4.78 is 5.03. The number of carboxylic acid groups (broad SMARTS) is 1. The van der Waals surface area contributed by atoms with E-state index in [1.54, 1.807) is 13.0 Å². The molecule has 1 rings (SSSR count). The maximum absolute atomic E-state index is 11.7. The van der Waals surface area contributed by atoms with Gasteiger partial charge in [0.05, 0.1) is 13.2 Å². The minimum absolute atomic E-state index is 0.0330. The number of amides is 2. The van der Waals surface area contributed by atoms with Crippen molar-refractivity contribution >= 4 is 12.0 Å². The molecule has 2 N–H and O–H groups in total. The van der Waals surface area contributed by atoms with Crippen molar-refractivity contribution in [1.29, 1.82) is 0 Å². The number of morpholine rings is 1. The van der Waals surface area contributed by atoms with Crippen LogP contribution in [0.3, 0.4) is 0 Å². The Hall–Kier alpha value is -1.56. The summed E-state index contributed by atoms with van der Waals surface area (Å²) in [7, 11) is 0. The average molecular weight is 228 g/mol. The van der Waals surface area contributed by atoms with Crippen LogP contribution in [0.5, 0.6) is 0 Å². The number of ether oxygens (including phenoxy) is 1. The molecule has 2 atom stereocenters. The molecule has 0 saturated carbocycles. The van der Waals surface area contributed by atoms with E-state index in [9.17, 15) is 9.59 Å². The van der Waals surface area contributed by atoms with Gasteiger partial charge in [0, 0.05) is 12.6 Å². The van der Waals surface area contributed by atoms with Crippen molar-refractivity contribution in [3.63, 3.8) is 0 Å². The summed E-state index contributed by atoms with van der Waals surface area (Å²) in [6.45, 7) is 5.98. The second-order valence-corrected chi connectivity index (χ2v) is 3.60. The van der Waals surface area contributed by atoms with Gasteiger partial charge in [-0.25, -0.2) is 9.59 Å². The summed E-state index contributed by atoms with van der Waals surface area (Å²) >= 11 is 0. The lowest BCUT2D eigenvalue weighted by Crippen LogP contribution is -2.56. The molecule has 1 aliphatic heterocycles. The van der Waals surface area contributed by atoms with E-state index in [-0.39, 0.29) is 19.2 Å². The Kier molecular flexibility index (Phi) is 4.30. The maximum atomic E-state index is 11.7. The normalized spacial score (nSPS) is 22.3. The van der Waals surface area contributed by atoms with E-state index in [4.69, 9.17) is 9.84 Å². The molecule has 0 aromatic rings. The van der Waals surface area contributed by atoms with Crippen molar-refractivity contribution in [1.82, 2.24) is 10.2 Å². The van der Waals surface area contributed by atoms with Crippen LogP contribution in [0.4, 0.5) is 4.79 Å². The zero-order valence-corrected chi connectivity index (χ0v) is 9.18. The predicted molar refractivity (Wildman–Crippen MR) is 57.1 cm³/mol. The molecule has 6 heteroatoms. The number of hydrogen-bond donors (Lipinski definition) is 2. The molecule has 1 saturated heterocycles. The van der Waals surface area contributed by atoms with E-state index in [2.05, 4.69) is 11.9 Å². The van der Waals surface area contributed by atoms with Gasteiger partial charge in [0.1, 0.15) is 0 Å². The van der Waals surface area contributed by atoms with Crippen LogP contribution < -0.4 is 5.32 Å². The molecule has 0 spiro atoms. The molecule has 2 unspecified atom stereocenters. The fourth-order valence-electron chi connectivity index (χ4n) is 1.39. The van der Waals surface area contributed by atoms with Crippen molar-refractivity contribution in [3.05, 3.63) is 12.7 Å². The van der Waals surface area contributed by atoms with Crippen LogP contribution in [0.1, 0.15) is 6.92 Å². The Balaban J connectivity index is 2.64. The van der Waals surface area contributed by atoms with Gasteiger partial charge in [0.15, 0.2) is 6.04 Å². The number of carboxylic acids is 1. The molecule has 1 fully saturated rings. The number of urea groups is 1. The monoisotopic (exact) mass is 228 g/mol. The maximum Gasteiger partial charge on any atom is 0.328 e. The van der Waals surface area contributed by atoms with Gasteiger partial charge in [-0.05, 0) is 6.92 Å². The predicted octanol–water partition coefficient (Wildman–Crippen LogP) is 0.0559. The first-order chi connectivity index (χ1) is 7.56. The summed E-state index contributed by atoms with van der Waals surface area (Å²) in [5, 5.41) is 11.6. The van der Waals surface area contributed by atoms with Crippen molar-refractivity contribution in [3.8, 4) is 0 Å². The van der Waals surface area contributed by atoms with Crippen molar-refractivity contribution in [2.75, 3.05) is 19.8 Å². The van der Waals surface area contributed by atoms with Gasteiger partial charge in [-0.1, -0.05) is 6.08 Å². The van der Waals surface area contributed by atoms with Crippen LogP contribution in [-0.4, -0.2) is 53.8 Å². The van der Waals surface area contributed by atoms with Crippen LogP contribution in [0.2, 0.25) is 0 Å². The third kappa shape index (κ3) is 2.96. The number of rotatable bonds is 3. The van der Waals surface area contributed by atoms with Gasteiger partial charge in [-0.3, -0.25) is 0 Å². The zero-order valence-electron chi connectivity index (χ0n) is 9.18. The smallest absolute Gasteiger partial charge is 0.328 e. The van der Waals surface area contributed by atoms with E-state index in [0.29, 0.717) is 6.61 Å². The molecule has 2 amide bonds. The summed E-state index contributed by atoms with van der Waals surface area (Å²) in [5.41, 5.74) is 0. The Morgan fingerprint density at radius 3 is 2.94 bits per heavy atom. The third-order valence-electron chi connectivity index (χ3n) is 2.38. The minimum Gasteiger partial charge on any atom is -0.480 e. The van der Waals surface area contributed by atoms with Gasteiger partial charge in [-0.15, -0.1) is 6.58 Å². The number of carbonyl (C=O) groups is 2. The summed E-state index contributed by atoms with van der Waals surface area (Å²) in [5.74, 6) is -1.05. The number of nitrogens with zero attached hydrogens (tertiary/aromatic N) is 1. The Labute approximate surface area is 93.9 Å². The highest BCUT2D eigenvalue weighted by atomic mass is 16.5. The van der Waals surface area contributed by atoms with E-state index in [0.717, 1.165) is 0 Å². The lowest BCUT2D eigenvalue weighted by molar-refractivity contribution is -0.147. The van der Waals surface area contributed by atoms with Gasteiger partial charge >= 0.3 is 12.0 Å². The van der Waals surface area contributed by atoms with Crippen molar-refractivity contribution < 1.29 is 19.4 Å². The van der Waals surface area contributed by atoms with Crippen LogP contribution in [0, 0.1) is 0 Å². The first kappa shape index (κ1) is 12.5. The topological polar surface area (TPSA) is 78.9 Å². The minimum atomic E-state index is -1.05. The number of carbonyl (C=O) groups excluding carboxylic acids is 1. The molecule has 0 bridgehead atoms. The molecule has 0 radical (unpaired) electrons. The van der Waals surface area contributed by atoms with Crippen LogP contribution in [-0.2, 0) is 9.53 Å². The molecule has 0 aromatic carbocycles. The first-order valence-electron chi connectivity index (χ1n) is 5.06. The fraction of sp³-hybridized carbons (Fsp3) is 0.600. The molecule has 0 aliphatic carbocycles. The quantitative estimate of drug-likeness (QED) is 0.669. The van der Waals surface area contributed by atoms with Crippen molar-refractivity contribution in [2.24, 2.45) is 0 Å². The second kappa shape index (κ2) is 5.50. The van der Waals surface area contributed by atoms with E-state index in [1.807, 2.05) is 0 Å². The highest BCUT2D eigenvalue weighted by Crippen LogP contribution is 2.07. The summed E-state index contributed by atoms with van der Waals surface area (Å²) in [4.78, 5) is 23.9. The van der Waals surface area contributed by atoms with Gasteiger partial charge in [0.25, 0.3) is 0 Å².